The van der Waals surface area contributed by atoms with Crippen LogP contribution in [-0.4, -0.2) is 51.6 Å². The molecular formula is C16H24N2O4S. The molecule has 6 nitrogen and oxygen atoms in total. The van der Waals surface area contributed by atoms with E-state index in [1.165, 1.54) is 6.92 Å². The van der Waals surface area contributed by atoms with Crippen molar-refractivity contribution in [1.82, 2.24) is 9.62 Å². The van der Waals surface area contributed by atoms with Crippen molar-refractivity contribution in [1.29, 1.82) is 0 Å². The lowest BCUT2D eigenvalue weighted by Crippen LogP contribution is -2.41. The van der Waals surface area contributed by atoms with Crippen LogP contribution in [0.2, 0.25) is 0 Å². The average Bonchev–Trinajstić information content (AvgIpc) is 2.99. The molecule has 1 fully saturated rings. The Morgan fingerprint density at radius 2 is 2.13 bits per heavy atom. The maximum atomic E-state index is 12.3. The fourth-order valence-electron chi connectivity index (χ4n) is 2.66. The molecule has 128 valence electrons. The fourth-order valence-corrected chi connectivity index (χ4v) is 3.93. The summed E-state index contributed by atoms with van der Waals surface area (Å²) < 4.78 is 32.7. The molecule has 7 heteroatoms. The van der Waals surface area contributed by atoms with Crippen LogP contribution in [-0.2, 0) is 19.6 Å². The molecule has 1 amide bonds. The Labute approximate surface area is 137 Å². The number of sulfonamides is 1. The number of carbonyl (C=O) groups is 1. The molecule has 1 aliphatic rings. The SMILES string of the molecule is CC(=O)N(CCNS(=O)(=O)c1ccccc1C)CC1CCCO1. The van der Waals surface area contributed by atoms with Gasteiger partial charge < -0.3 is 9.64 Å². The van der Waals surface area contributed by atoms with E-state index >= 15 is 0 Å². The van der Waals surface area contributed by atoms with E-state index in [0.717, 1.165) is 19.4 Å². The van der Waals surface area contributed by atoms with Crippen LogP contribution in [0.15, 0.2) is 29.2 Å². The smallest absolute Gasteiger partial charge is 0.240 e. The van der Waals surface area contributed by atoms with E-state index in [2.05, 4.69) is 4.72 Å². The Kier molecular flexibility index (Phi) is 6.15. The number of hydrogen-bond donors (Lipinski definition) is 1. The highest BCUT2D eigenvalue weighted by atomic mass is 32.2. The minimum Gasteiger partial charge on any atom is -0.376 e. The zero-order chi connectivity index (χ0) is 16.9. The van der Waals surface area contributed by atoms with Crippen LogP contribution < -0.4 is 4.72 Å². The van der Waals surface area contributed by atoms with Gasteiger partial charge in [0.15, 0.2) is 0 Å². The van der Waals surface area contributed by atoms with Gasteiger partial charge in [-0.1, -0.05) is 18.2 Å². The van der Waals surface area contributed by atoms with Crippen LogP contribution in [0.5, 0.6) is 0 Å². The monoisotopic (exact) mass is 340 g/mol. The molecule has 0 saturated carbocycles. The molecule has 0 bridgehead atoms. The molecule has 0 aliphatic carbocycles. The summed E-state index contributed by atoms with van der Waals surface area (Å²) in [6.07, 6.45) is 2.02. The maximum absolute atomic E-state index is 12.3. The highest BCUT2D eigenvalue weighted by Crippen LogP contribution is 2.14. The number of hydrogen-bond acceptors (Lipinski definition) is 4. The second-order valence-electron chi connectivity index (χ2n) is 5.76. The topological polar surface area (TPSA) is 75.7 Å². The standard InChI is InChI=1S/C16H24N2O4S/c1-13-6-3-4-8-16(13)23(20,21)17-9-10-18(14(2)19)12-15-7-5-11-22-15/h3-4,6,8,15,17H,5,7,9-12H2,1-2H3. The van der Waals surface area contributed by atoms with Gasteiger partial charge in [0, 0.05) is 33.2 Å². The van der Waals surface area contributed by atoms with E-state index in [-0.39, 0.29) is 23.5 Å². The van der Waals surface area contributed by atoms with Gasteiger partial charge in [0.05, 0.1) is 11.0 Å². The number of aryl methyl sites for hydroxylation is 1. The van der Waals surface area contributed by atoms with Crippen molar-refractivity contribution in [3.8, 4) is 0 Å². The van der Waals surface area contributed by atoms with Crippen molar-refractivity contribution in [2.75, 3.05) is 26.2 Å². The van der Waals surface area contributed by atoms with Gasteiger partial charge in [-0.3, -0.25) is 4.79 Å². The molecule has 1 aromatic carbocycles. The van der Waals surface area contributed by atoms with E-state index in [9.17, 15) is 13.2 Å². The molecule has 1 heterocycles. The fraction of sp³-hybridized carbons (Fsp3) is 0.562. The van der Waals surface area contributed by atoms with E-state index in [4.69, 9.17) is 4.74 Å². The van der Waals surface area contributed by atoms with Crippen LogP contribution in [0.1, 0.15) is 25.3 Å². The first-order chi connectivity index (χ1) is 10.9. The quantitative estimate of drug-likeness (QED) is 0.812. The second-order valence-corrected chi connectivity index (χ2v) is 7.50. The first-order valence-corrected chi connectivity index (χ1v) is 9.31. The summed E-state index contributed by atoms with van der Waals surface area (Å²) in [5.41, 5.74) is 0.697. The third-order valence-corrected chi connectivity index (χ3v) is 5.57. The van der Waals surface area contributed by atoms with Crippen LogP contribution in [0.4, 0.5) is 0 Å². The van der Waals surface area contributed by atoms with Crippen molar-refractivity contribution in [2.45, 2.75) is 37.7 Å². The molecule has 1 unspecified atom stereocenters. The molecule has 23 heavy (non-hydrogen) atoms. The summed E-state index contributed by atoms with van der Waals surface area (Å²) in [5.74, 6) is -0.0735. The van der Waals surface area contributed by atoms with E-state index in [1.54, 1.807) is 36.1 Å². The summed E-state index contributed by atoms with van der Waals surface area (Å²) in [5, 5.41) is 0. The Hall–Kier alpha value is -1.44. The third-order valence-electron chi connectivity index (χ3n) is 3.95. The minimum absolute atomic E-state index is 0.0619. The zero-order valence-electron chi connectivity index (χ0n) is 13.6. The molecule has 0 aromatic heterocycles. The molecule has 1 saturated heterocycles. The van der Waals surface area contributed by atoms with Gasteiger partial charge >= 0.3 is 0 Å². The number of carbonyl (C=O) groups excluding carboxylic acids is 1. The summed E-state index contributed by atoms with van der Waals surface area (Å²) >= 11 is 0. The molecule has 1 atom stereocenters. The number of amides is 1. The molecule has 0 radical (unpaired) electrons. The zero-order valence-corrected chi connectivity index (χ0v) is 14.4. The molecule has 1 aromatic rings. The number of nitrogens with zero attached hydrogens (tertiary/aromatic N) is 1. The Morgan fingerprint density at radius 3 is 2.74 bits per heavy atom. The summed E-state index contributed by atoms with van der Waals surface area (Å²) in [6, 6.07) is 6.83. The average molecular weight is 340 g/mol. The van der Waals surface area contributed by atoms with E-state index in [1.807, 2.05) is 0 Å². The van der Waals surface area contributed by atoms with Crippen molar-refractivity contribution in [3.05, 3.63) is 29.8 Å². The lowest BCUT2D eigenvalue weighted by molar-refractivity contribution is -0.130. The first-order valence-electron chi connectivity index (χ1n) is 7.82. The van der Waals surface area contributed by atoms with Gasteiger partial charge in [-0.05, 0) is 31.4 Å². The third kappa shape index (κ3) is 5.02. The molecule has 1 N–H and O–H groups in total. The first kappa shape index (κ1) is 17.9. The number of nitrogens with one attached hydrogen (secondary N) is 1. The molecular weight excluding hydrogens is 316 g/mol. The Balaban J connectivity index is 1.91. The van der Waals surface area contributed by atoms with Crippen LogP contribution in [0.3, 0.4) is 0 Å². The summed E-state index contributed by atoms with van der Waals surface area (Å²) in [4.78, 5) is 13.6. The van der Waals surface area contributed by atoms with Gasteiger partial charge in [0.2, 0.25) is 15.9 Å². The highest BCUT2D eigenvalue weighted by Gasteiger charge is 2.21. The van der Waals surface area contributed by atoms with Gasteiger partial charge in [0.25, 0.3) is 0 Å². The van der Waals surface area contributed by atoms with Gasteiger partial charge in [-0.2, -0.15) is 0 Å². The molecule has 0 spiro atoms. The van der Waals surface area contributed by atoms with Crippen LogP contribution in [0, 0.1) is 6.92 Å². The van der Waals surface area contributed by atoms with Crippen molar-refractivity contribution < 1.29 is 17.9 Å². The Morgan fingerprint density at radius 1 is 1.39 bits per heavy atom. The van der Waals surface area contributed by atoms with Crippen molar-refractivity contribution >= 4 is 15.9 Å². The van der Waals surface area contributed by atoms with E-state index < -0.39 is 10.0 Å². The minimum atomic E-state index is -3.56. The predicted molar refractivity (Wildman–Crippen MR) is 87.6 cm³/mol. The molecule has 2 rings (SSSR count). The largest absolute Gasteiger partial charge is 0.376 e. The van der Waals surface area contributed by atoms with Crippen LogP contribution >= 0.6 is 0 Å². The predicted octanol–water partition coefficient (Wildman–Crippen LogP) is 1.30. The number of rotatable bonds is 7. The summed E-state index contributed by atoms with van der Waals surface area (Å²) in [6.45, 7) is 5.01. The van der Waals surface area contributed by atoms with Crippen molar-refractivity contribution in [2.24, 2.45) is 0 Å². The van der Waals surface area contributed by atoms with Crippen molar-refractivity contribution in [3.63, 3.8) is 0 Å². The van der Waals surface area contributed by atoms with E-state index in [0.29, 0.717) is 18.7 Å². The van der Waals surface area contributed by atoms with Gasteiger partial charge in [0.1, 0.15) is 0 Å². The highest BCUT2D eigenvalue weighted by molar-refractivity contribution is 7.89. The maximum Gasteiger partial charge on any atom is 0.240 e. The van der Waals surface area contributed by atoms with Gasteiger partial charge in [-0.15, -0.1) is 0 Å². The number of ether oxygens (including phenoxy) is 1. The van der Waals surface area contributed by atoms with Crippen LogP contribution in [0.25, 0.3) is 0 Å². The normalized spacial score (nSPS) is 18.1. The number of benzene rings is 1. The second kappa shape index (κ2) is 7.90. The lowest BCUT2D eigenvalue weighted by Gasteiger charge is -2.24. The summed E-state index contributed by atoms with van der Waals surface area (Å²) in [7, 11) is -3.56. The Bertz CT molecular complexity index is 639. The lowest BCUT2D eigenvalue weighted by atomic mass is 10.2. The molecule has 1 aliphatic heterocycles. The van der Waals surface area contributed by atoms with Gasteiger partial charge in [-0.25, -0.2) is 13.1 Å².